The molecule has 0 radical (unpaired) electrons. The van der Waals surface area contributed by atoms with E-state index in [4.69, 9.17) is 9.47 Å². The minimum atomic E-state index is -1.72. The molecule has 4 saturated carbocycles. The first-order chi connectivity index (χ1) is 21.8. The van der Waals surface area contributed by atoms with Gasteiger partial charge in [0.05, 0.1) is 36.4 Å². The molecule has 8 N–H and O–H groups in total. The van der Waals surface area contributed by atoms with Crippen LogP contribution in [0.1, 0.15) is 92.9 Å². The molecule has 5 fully saturated rings. The fourth-order valence-electron chi connectivity index (χ4n) is 12.4. The fraction of sp³-hybridized carbons (Fsp3) is 0.917. The number of rotatable bonds is 4. The van der Waals surface area contributed by atoms with E-state index in [2.05, 4.69) is 26.8 Å². The number of carbonyl (C=O) groups excluding carboxylic acids is 1. The van der Waals surface area contributed by atoms with Crippen LogP contribution in [-0.4, -0.2) is 109 Å². The molecule has 1 saturated heterocycles. The first kappa shape index (κ1) is 35.7. The molecule has 47 heavy (non-hydrogen) atoms. The number of hydrogen-bond acceptors (Lipinski definition) is 11. The Bertz CT molecular complexity index is 1270. The number of esters is 1. The van der Waals surface area contributed by atoms with E-state index in [-0.39, 0.29) is 35.2 Å². The summed E-state index contributed by atoms with van der Waals surface area (Å²) in [5.74, 6) is -1.23. The molecule has 0 bridgehead atoms. The molecule has 11 nitrogen and oxygen atoms in total. The maximum atomic E-state index is 14.5. The summed E-state index contributed by atoms with van der Waals surface area (Å²) in [6, 6.07) is 0. The van der Waals surface area contributed by atoms with Crippen LogP contribution in [0.3, 0.4) is 0 Å². The molecule has 5 aliphatic carbocycles. The lowest BCUT2D eigenvalue weighted by Gasteiger charge is -2.72. The molecule has 0 amide bonds. The van der Waals surface area contributed by atoms with Crippen molar-refractivity contribution in [2.75, 3.05) is 13.2 Å². The van der Waals surface area contributed by atoms with Crippen LogP contribution >= 0.6 is 0 Å². The van der Waals surface area contributed by atoms with E-state index in [1.165, 1.54) is 0 Å². The monoisotopic (exact) mass is 666 g/mol. The molecule has 1 heterocycles. The van der Waals surface area contributed by atoms with E-state index in [0.29, 0.717) is 38.5 Å². The summed E-state index contributed by atoms with van der Waals surface area (Å²) in [6.45, 7) is 11.6. The van der Waals surface area contributed by atoms with E-state index in [1.807, 2.05) is 20.8 Å². The number of fused-ring (bicyclic) bond motifs is 7. The van der Waals surface area contributed by atoms with Gasteiger partial charge in [-0.1, -0.05) is 46.3 Å². The number of allylic oxidation sites excluding steroid dienone is 1. The van der Waals surface area contributed by atoms with Crippen LogP contribution in [0.15, 0.2) is 11.6 Å². The van der Waals surface area contributed by atoms with E-state index in [0.717, 1.165) is 18.4 Å². The Kier molecular flexibility index (Phi) is 8.68. The quantitative estimate of drug-likeness (QED) is 0.160. The first-order valence-electron chi connectivity index (χ1n) is 17.7. The second kappa shape index (κ2) is 11.4. The van der Waals surface area contributed by atoms with Gasteiger partial charge in [0.25, 0.3) is 0 Å². The first-order valence-corrected chi connectivity index (χ1v) is 17.7. The Balaban J connectivity index is 1.40. The third-order valence-electron chi connectivity index (χ3n) is 15.6. The van der Waals surface area contributed by atoms with Crippen molar-refractivity contribution < 1.29 is 55.1 Å². The summed E-state index contributed by atoms with van der Waals surface area (Å²) in [5.41, 5.74) is -3.27. The van der Waals surface area contributed by atoms with Crippen molar-refractivity contribution >= 4 is 5.97 Å². The van der Waals surface area contributed by atoms with Gasteiger partial charge in [-0.15, -0.1) is 0 Å². The highest BCUT2D eigenvalue weighted by atomic mass is 16.7. The number of aliphatic hydroxyl groups is 8. The van der Waals surface area contributed by atoms with Crippen molar-refractivity contribution in [2.24, 2.45) is 50.7 Å². The van der Waals surface area contributed by atoms with E-state index < -0.39 is 83.3 Å². The molecule has 6 aliphatic rings. The van der Waals surface area contributed by atoms with Crippen LogP contribution in [0.4, 0.5) is 0 Å². The summed E-state index contributed by atoms with van der Waals surface area (Å²) in [7, 11) is 0. The van der Waals surface area contributed by atoms with Crippen molar-refractivity contribution in [1.29, 1.82) is 0 Å². The largest absolute Gasteiger partial charge is 0.432 e. The van der Waals surface area contributed by atoms with E-state index in [9.17, 15) is 45.6 Å². The van der Waals surface area contributed by atoms with Crippen LogP contribution in [0.25, 0.3) is 0 Å². The van der Waals surface area contributed by atoms with Gasteiger partial charge in [0.1, 0.15) is 24.4 Å². The highest BCUT2D eigenvalue weighted by Crippen LogP contribution is 2.76. The summed E-state index contributed by atoms with van der Waals surface area (Å²) < 4.78 is 11.4. The highest BCUT2D eigenvalue weighted by molar-refractivity contribution is 5.79. The summed E-state index contributed by atoms with van der Waals surface area (Å²) in [4.78, 5) is 14.5. The van der Waals surface area contributed by atoms with Gasteiger partial charge in [-0.2, -0.15) is 0 Å². The Labute approximate surface area is 278 Å². The highest BCUT2D eigenvalue weighted by Gasteiger charge is 2.72. The molecule has 0 aromatic heterocycles. The van der Waals surface area contributed by atoms with Crippen LogP contribution in [-0.2, 0) is 14.3 Å². The summed E-state index contributed by atoms with van der Waals surface area (Å²) in [5, 5.41) is 86.2. The van der Waals surface area contributed by atoms with Crippen LogP contribution in [0, 0.1) is 50.7 Å². The number of ether oxygens (including phenoxy) is 2. The van der Waals surface area contributed by atoms with Crippen LogP contribution in [0.2, 0.25) is 0 Å². The van der Waals surface area contributed by atoms with Gasteiger partial charge in [-0.3, -0.25) is 4.79 Å². The third kappa shape index (κ3) is 4.60. The van der Waals surface area contributed by atoms with Crippen LogP contribution in [0.5, 0.6) is 0 Å². The normalized spacial score (nSPS) is 57.5. The SMILES string of the molecule is C[C@@H]1CC[C@]2(C(=O)O[C@@H]3O[C@H](CO)[C@@H](O)[C@H](O)[C@H]3O)CC[C@]3(C)C(=CC[C@@H]4[C@@]5(C)C[C@@H](O)[C@@H](O)[C@](C)(CO)[C@@H]5CC[C@]43C)[C@@H]2[C@]1(C)O. The molecule has 1 aliphatic heterocycles. The van der Waals surface area contributed by atoms with Gasteiger partial charge < -0.3 is 50.3 Å². The fourth-order valence-corrected chi connectivity index (χ4v) is 12.4. The molecule has 0 unspecified atom stereocenters. The van der Waals surface area contributed by atoms with Crippen molar-refractivity contribution in [1.82, 2.24) is 0 Å². The lowest BCUT2D eigenvalue weighted by molar-refractivity contribution is -0.299. The number of aliphatic hydroxyl groups excluding tert-OH is 7. The Morgan fingerprint density at radius 2 is 1.60 bits per heavy atom. The van der Waals surface area contributed by atoms with Gasteiger partial charge in [-0.05, 0) is 92.3 Å². The lowest BCUT2D eigenvalue weighted by atomic mass is 9.33. The predicted octanol–water partition coefficient (Wildman–Crippen LogP) is 1.41. The predicted molar refractivity (Wildman–Crippen MR) is 169 cm³/mol. The topological polar surface area (TPSA) is 197 Å². The molecule has 268 valence electrons. The number of hydrogen-bond donors (Lipinski definition) is 8. The van der Waals surface area contributed by atoms with Gasteiger partial charge in [0, 0.05) is 11.3 Å². The van der Waals surface area contributed by atoms with Crippen molar-refractivity contribution in [2.45, 2.75) is 141 Å². The van der Waals surface area contributed by atoms with Crippen molar-refractivity contribution in [3.63, 3.8) is 0 Å². The maximum Gasteiger partial charge on any atom is 0.315 e. The van der Waals surface area contributed by atoms with Gasteiger partial charge in [-0.25, -0.2) is 0 Å². The molecular weight excluding hydrogens is 608 g/mol. The number of carbonyl (C=O) groups is 1. The molecule has 0 aromatic carbocycles. The maximum absolute atomic E-state index is 14.5. The van der Waals surface area contributed by atoms with Crippen molar-refractivity contribution in [3.8, 4) is 0 Å². The molecular formula is C36H58O11. The Hall–Kier alpha value is -1.15. The Morgan fingerprint density at radius 3 is 2.23 bits per heavy atom. The average molecular weight is 667 g/mol. The average Bonchev–Trinajstić information content (AvgIpc) is 3.02. The third-order valence-corrected chi connectivity index (χ3v) is 15.6. The van der Waals surface area contributed by atoms with Gasteiger partial charge in [0.2, 0.25) is 6.29 Å². The molecule has 0 spiro atoms. The lowest BCUT2D eigenvalue weighted by Crippen LogP contribution is -2.69. The minimum absolute atomic E-state index is 0.00373. The zero-order chi connectivity index (χ0) is 34.7. The molecule has 17 atom stereocenters. The zero-order valence-electron chi connectivity index (χ0n) is 28.8. The second-order valence-electron chi connectivity index (χ2n) is 17.5. The van der Waals surface area contributed by atoms with Crippen LogP contribution < -0.4 is 0 Å². The molecule has 6 rings (SSSR count). The Morgan fingerprint density at radius 1 is 0.915 bits per heavy atom. The molecule has 11 heteroatoms. The second-order valence-corrected chi connectivity index (χ2v) is 17.5. The van der Waals surface area contributed by atoms with Gasteiger partial charge in [0.15, 0.2) is 0 Å². The standard InChI is InChI=1S/C36H58O11/c1-18-9-12-36(30(44)47-29-26(42)25(41)24(40)21(16-37)46-29)14-13-33(4)19(27(36)35(18,6)45)7-8-23-31(2)15-20(39)28(43)32(3,17-38)22(31)10-11-34(23,33)5/h7,18,20-29,37-43,45H,8-17H2,1-6H3/t18-,20-,21-,22-,23-,24-,25+,26-,27-,28-,29+,31+,32-,33-,34-,35-,36+/m1/s1. The van der Waals surface area contributed by atoms with Gasteiger partial charge >= 0.3 is 5.97 Å². The smallest absolute Gasteiger partial charge is 0.315 e. The summed E-state index contributed by atoms with van der Waals surface area (Å²) >= 11 is 0. The minimum Gasteiger partial charge on any atom is -0.432 e. The molecule has 0 aromatic rings. The van der Waals surface area contributed by atoms with E-state index >= 15 is 0 Å². The zero-order valence-corrected chi connectivity index (χ0v) is 28.8. The van der Waals surface area contributed by atoms with Crippen molar-refractivity contribution in [3.05, 3.63) is 11.6 Å². The van der Waals surface area contributed by atoms with E-state index in [1.54, 1.807) is 0 Å². The summed E-state index contributed by atoms with van der Waals surface area (Å²) in [6.07, 6.45) is -2.75.